The SMILES string of the molecule is CCC(CC)(CBr)C(C)COC. The van der Waals surface area contributed by atoms with E-state index in [1.807, 2.05) is 0 Å². The number of halogens is 1. The largest absolute Gasteiger partial charge is 0.384 e. The van der Waals surface area contributed by atoms with E-state index in [1.165, 1.54) is 12.8 Å². The molecule has 0 aromatic carbocycles. The molecule has 0 saturated heterocycles. The van der Waals surface area contributed by atoms with E-state index in [1.54, 1.807) is 7.11 Å². The lowest BCUT2D eigenvalue weighted by molar-refractivity contribution is 0.0790. The summed E-state index contributed by atoms with van der Waals surface area (Å²) >= 11 is 3.61. The van der Waals surface area contributed by atoms with Gasteiger partial charge in [0.2, 0.25) is 0 Å². The molecule has 0 amide bonds. The van der Waals surface area contributed by atoms with Gasteiger partial charge in [-0.1, -0.05) is 36.7 Å². The molecule has 0 N–H and O–H groups in total. The van der Waals surface area contributed by atoms with Crippen LogP contribution in [0.5, 0.6) is 0 Å². The maximum atomic E-state index is 5.19. The molecule has 12 heavy (non-hydrogen) atoms. The first-order chi connectivity index (χ1) is 5.66. The molecule has 0 rings (SSSR count). The average molecular weight is 237 g/mol. The van der Waals surface area contributed by atoms with Gasteiger partial charge < -0.3 is 4.74 Å². The fourth-order valence-electron chi connectivity index (χ4n) is 1.69. The second kappa shape index (κ2) is 5.98. The first kappa shape index (κ1) is 12.4. The fraction of sp³-hybridized carbons (Fsp3) is 1.00. The van der Waals surface area contributed by atoms with Crippen LogP contribution in [0.15, 0.2) is 0 Å². The van der Waals surface area contributed by atoms with E-state index in [-0.39, 0.29) is 0 Å². The lowest BCUT2D eigenvalue weighted by Gasteiger charge is -2.35. The summed E-state index contributed by atoms with van der Waals surface area (Å²) in [5.74, 6) is 0.636. The number of alkyl halides is 1. The van der Waals surface area contributed by atoms with Crippen molar-refractivity contribution in [3.05, 3.63) is 0 Å². The van der Waals surface area contributed by atoms with Gasteiger partial charge in [-0.3, -0.25) is 0 Å². The van der Waals surface area contributed by atoms with E-state index in [4.69, 9.17) is 4.74 Å². The predicted molar refractivity (Wildman–Crippen MR) is 57.8 cm³/mol. The van der Waals surface area contributed by atoms with Crippen LogP contribution < -0.4 is 0 Å². The van der Waals surface area contributed by atoms with Crippen molar-refractivity contribution in [2.75, 3.05) is 19.0 Å². The Kier molecular flexibility index (Phi) is 6.20. The Balaban J connectivity index is 4.24. The van der Waals surface area contributed by atoms with Crippen molar-refractivity contribution in [3.8, 4) is 0 Å². The standard InChI is InChI=1S/C10H21BrO/c1-5-10(6-2,8-11)9(3)7-12-4/h9H,5-8H2,1-4H3. The number of methoxy groups -OCH3 is 1. The molecular weight excluding hydrogens is 216 g/mol. The fourth-order valence-corrected chi connectivity index (χ4v) is 3.04. The molecule has 0 spiro atoms. The maximum absolute atomic E-state index is 5.19. The van der Waals surface area contributed by atoms with Crippen molar-refractivity contribution in [1.29, 1.82) is 0 Å². The van der Waals surface area contributed by atoms with E-state index in [9.17, 15) is 0 Å². The molecule has 0 aromatic heterocycles. The molecule has 74 valence electrons. The third-order valence-electron chi connectivity index (χ3n) is 3.14. The smallest absolute Gasteiger partial charge is 0.0493 e. The summed E-state index contributed by atoms with van der Waals surface area (Å²) in [6.45, 7) is 7.67. The molecule has 0 radical (unpaired) electrons. The molecule has 2 heteroatoms. The summed E-state index contributed by atoms with van der Waals surface area (Å²) in [6, 6.07) is 0. The maximum Gasteiger partial charge on any atom is 0.0493 e. The zero-order valence-corrected chi connectivity index (χ0v) is 10.3. The van der Waals surface area contributed by atoms with Crippen LogP contribution in [0.1, 0.15) is 33.6 Å². The number of hydrogen-bond acceptors (Lipinski definition) is 1. The molecule has 0 aliphatic heterocycles. The molecule has 0 aliphatic rings. The van der Waals surface area contributed by atoms with Gasteiger partial charge in [0.1, 0.15) is 0 Å². The first-order valence-electron chi connectivity index (χ1n) is 4.71. The minimum Gasteiger partial charge on any atom is -0.384 e. The van der Waals surface area contributed by atoms with Gasteiger partial charge in [-0.15, -0.1) is 0 Å². The van der Waals surface area contributed by atoms with E-state index in [0.29, 0.717) is 11.3 Å². The van der Waals surface area contributed by atoms with Crippen molar-refractivity contribution in [2.45, 2.75) is 33.6 Å². The Morgan fingerprint density at radius 1 is 1.33 bits per heavy atom. The van der Waals surface area contributed by atoms with E-state index < -0.39 is 0 Å². The van der Waals surface area contributed by atoms with Crippen molar-refractivity contribution in [2.24, 2.45) is 11.3 Å². The van der Waals surface area contributed by atoms with Crippen LogP contribution in [0.4, 0.5) is 0 Å². The number of ether oxygens (including phenoxy) is 1. The molecule has 0 bridgehead atoms. The van der Waals surface area contributed by atoms with E-state index in [0.717, 1.165) is 11.9 Å². The highest BCUT2D eigenvalue weighted by atomic mass is 79.9. The van der Waals surface area contributed by atoms with Crippen LogP contribution in [-0.2, 0) is 4.74 Å². The Morgan fingerprint density at radius 3 is 2.08 bits per heavy atom. The van der Waals surface area contributed by atoms with Gasteiger partial charge in [-0.2, -0.15) is 0 Å². The van der Waals surface area contributed by atoms with Gasteiger partial charge in [-0.25, -0.2) is 0 Å². The van der Waals surface area contributed by atoms with Gasteiger partial charge in [-0.05, 0) is 24.2 Å². The molecule has 0 fully saturated rings. The van der Waals surface area contributed by atoms with Crippen LogP contribution in [0.2, 0.25) is 0 Å². The molecule has 0 aliphatic carbocycles. The Morgan fingerprint density at radius 2 is 1.83 bits per heavy atom. The summed E-state index contributed by atoms with van der Waals surface area (Å²) in [6.07, 6.45) is 2.44. The molecule has 0 aromatic rings. The summed E-state index contributed by atoms with van der Waals surface area (Å²) in [5.41, 5.74) is 0.427. The average Bonchev–Trinajstić information content (AvgIpc) is 2.09. The second-order valence-electron chi connectivity index (χ2n) is 3.56. The lowest BCUT2D eigenvalue weighted by Crippen LogP contribution is -2.32. The number of hydrogen-bond donors (Lipinski definition) is 0. The zero-order valence-electron chi connectivity index (χ0n) is 8.69. The van der Waals surface area contributed by atoms with Crippen LogP contribution in [-0.4, -0.2) is 19.0 Å². The normalized spacial score (nSPS) is 14.8. The molecule has 1 atom stereocenters. The highest BCUT2D eigenvalue weighted by Gasteiger charge is 2.31. The minimum atomic E-state index is 0.427. The second-order valence-corrected chi connectivity index (χ2v) is 4.12. The highest BCUT2D eigenvalue weighted by molar-refractivity contribution is 9.09. The summed E-state index contributed by atoms with van der Waals surface area (Å²) in [7, 11) is 1.78. The van der Waals surface area contributed by atoms with Crippen LogP contribution in [0, 0.1) is 11.3 Å². The Bertz CT molecular complexity index is 102. The van der Waals surface area contributed by atoms with Gasteiger partial charge >= 0.3 is 0 Å². The molecule has 1 unspecified atom stereocenters. The molecule has 0 saturated carbocycles. The van der Waals surface area contributed by atoms with Crippen molar-refractivity contribution in [3.63, 3.8) is 0 Å². The van der Waals surface area contributed by atoms with Crippen LogP contribution >= 0.6 is 15.9 Å². The molecule has 1 nitrogen and oxygen atoms in total. The third kappa shape index (κ3) is 2.74. The first-order valence-corrected chi connectivity index (χ1v) is 5.83. The minimum absolute atomic E-state index is 0.427. The Labute approximate surface area is 85.0 Å². The third-order valence-corrected chi connectivity index (χ3v) is 4.25. The number of rotatable bonds is 6. The van der Waals surface area contributed by atoms with Gasteiger partial charge in [0.15, 0.2) is 0 Å². The molecular formula is C10H21BrO. The highest BCUT2D eigenvalue weighted by Crippen LogP contribution is 2.37. The van der Waals surface area contributed by atoms with Crippen molar-refractivity contribution in [1.82, 2.24) is 0 Å². The monoisotopic (exact) mass is 236 g/mol. The summed E-state index contributed by atoms with van der Waals surface area (Å²) in [5, 5.41) is 1.08. The van der Waals surface area contributed by atoms with E-state index >= 15 is 0 Å². The summed E-state index contributed by atoms with van der Waals surface area (Å²) in [4.78, 5) is 0. The summed E-state index contributed by atoms with van der Waals surface area (Å²) < 4.78 is 5.19. The lowest BCUT2D eigenvalue weighted by atomic mass is 9.74. The predicted octanol–water partition coefficient (Wildman–Crippen LogP) is 3.47. The van der Waals surface area contributed by atoms with Gasteiger partial charge in [0, 0.05) is 19.0 Å². The van der Waals surface area contributed by atoms with Crippen molar-refractivity contribution >= 4 is 15.9 Å². The van der Waals surface area contributed by atoms with E-state index in [2.05, 4.69) is 36.7 Å². The van der Waals surface area contributed by atoms with Gasteiger partial charge in [0.25, 0.3) is 0 Å². The quantitative estimate of drug-likeness (QED) is 0.643. The van der Waals surface area contributed by atoms with Gasteiger partial charge in [0.05, 0.1) is 0 Å². The van der Waals surface area contributed by atoms with Crippen molar-refractivity contribution < 1.29 is 4.74 Å². The Hall–Kier alpha value is 0.440. The zero-order chi connectivity index (χ0) is 9.61. The van der Waals surface area contributed by atoms with Crippen LogP contribution in [0.25, 0.3) is 0 Å². The topological polar surface area (TPSA) is 9.23 Å². The van der Waals surface area contributed by atoms with Crippen LogP contribution in [0.3, 0.4) is 0 Å². The molecule has 0 heterocycles.